The number of hydrogen-bond donors (Lipinski definition) is 23. The van der Waals surface area contributed by atoms with Crippen molar-refractivity contribution in [3.8, 4) is 0 Å². The summed E-state index contributed by atoms with van der Waals surface area (Å²) in [4.78, 5) is 24.5. The average Bonchev–Trinajstić information content (AvgIpc) is 3.48. The van der Waals surface area contributed by atoms with Crippen molar-refractivity contribution < 1.29 is 189 Å². The van der Waals surface area contributed by atoms with Gasteiger partial charge in [0.1, 0.15) is 159 Å². The van der Waals surface area contributed by atoms with Crippen molar-refractivity contribution in [3.05, 3.63) is 0 Å². The van der Waals surface area contributed by atoms with E-state index in [1.165, 1.54) is 0 Å². The van der Waals surface area contributed by atoms with Gasteiger partial charge in [-0.1, -0.05) is 0 Å². The summed E-state index contributed by atoms with van der Waals surface area (Å²) in [6.07, 6.45) is -76.5. The molecule has 0 spiro atoms. The minimum absolute atomic E-state index is 0.949. The molecule has 0 bridgehead atoms. The summed E-state index contributed by atoms with van der Waals surface area (Å²) in [6, 6.07) is 0. The Morgan fingerprint density at radius 3 is 1.04 bits per heavy atom. The van der Waals surface area contributed by atoms with Crippen LogP contribution >= 0.6 is 0 Å². The first-order valence-corrected chi connectivity index (χ1v) is 24.6. The maximum Gasteiger partial charge on any atom is 0.335 e. The van der Waals surface area contributed by atoms with Gasteiger partial charge in [-0.2, -0.15) is 0 Å². The summed E-state index contributed by atoms with van der Waals surface area (Å²) in [5.41, 5.74) is 0. The summed E-state index contributed by atoms with van der Waals surface area (Å²) >= 11 is 0. The average molecular weight is 1180 g/mol. The van der Waals surface area contributed by atoms with Crippen molar-refractivity contribution in [2.45, 2.75) is 215 Å². The summed E-state index contributed by atoms with van der Waals surface area (Å²) in [6.45, 7) is -5.51. The van der Waals surface area contributed by atoms with Gasteiger partial charge in [-0.3, -0.25) is 0 Å². The van der Waals surface area contributed by atoms with Gasteiger partial charge in [0.25, 0.3) is 0 Å². The van der Waals surface area contributed by atoms with E-state index in [0.29, 0.717) is 0 Å². The maximum atomic E-state index is 12.8. The molecule has 38 nitrogen and oxygen atoms in total. The van der Waals surface area contributed by atoms with E-state index >= 15 is 0 Å². The van der Waals surface area contributed by atoms with Crippen LogP contribution in [0.25, 0.3) is 0 Å². The van der Waals surface area contributed by atoms with Crippen LogP contribution in [0.1, 0.15) is 0 Å². The van der Waals surface area contributed by atoms with Gasteiger partial charge in [0.05, 0.1) is 33.0 Å². The summed E-state index contributed by atoms with van der Waals surface area (Å²) < 4.78 is 71.7. The van der Waals surface area contributed by atoms with E-state index in [1.54, 1.807) is 0 Å². The van der Waals surface area contributed by atoms with Crippen molar-refractivity contribution >= 4 is 11.9 Å². The molecule has 0 amide bonds. The van der Waals surface area contributed by atoms with Crippen LogP contribution in [0.2, 0.25) is 0 Å². The third-order valence-electron chi connectivity index (χ3n) is 14.5. The normalized spacial score (nSPS) is 52.3. The summed E-state index contributed by atoms with van der Waals surface area (Å²) in [7, 11) is 0. The number of carboxylic acids is 2. The Balaban J connectivity index is 1.14. The fourth-order valence-electron chi connectivity index (χ4n) is 9.92. The Morgan fingerprint density at radius 1 is 0.263 bits per heavy atom. The standard InChI is InChI=1S/C42H68O38/c43-1-6-11(48)15(52)19(56)37(69-6)79-32-22(59)26(10(5-47)72-42(32)77-30-18(55)21(58)39(80-33(30)35(65)66)74-27-12(49)7(2-44)68-36(67)23(27)60)73-40-24(61)29(14(51)8(3-45)70-40)76-41-25(62)28(13(50)9(4-46)71-41)75-38-20(57)16(53)17(54)31(78-38)34(63)64/h6-33,36-62,67H,1-5H2,(H,63,64)(H,65,66). The Bertz CT molecular complexity index is 1980. The molecule has 0 aromatic rings. The van der Waals surface area contributed by atoms with E-state index in [0.717, 1.165) is 0 Å². The van der Waals surface area contributed by atoms with Crippen molar-refractivity contribution in [3.63, 3.8) is 0 Å². The monoisotopic (exact) mass is 1180 g/mol. The minimum Gasteiger partial charge on any atom is -0.479 e. The highest BCUT2D eigenvalue weighted by Crippen LogP contribution is 2.39. The number of aliphatic hydroxyl groups excluding tert-OH is 21. The topological polar surface area (TPSA) is 619 Å². The van der Waals surface area contributed by atoms with Crippen LogP contribution in [-0.4, -0.2) is 377 Å². The Morgan fingerprint density at radius 2 is 0.588 bits per heavy atom. The molecule has 7 heterocycles. The molecule has 35 unspecified atom stereocenters. The van der Waals surface area contributed by atoms with Crippen LogP contribution < -0.4 is 0 Å². The van der Waals surface area contributed by atoms with Crippen molar-refractivity contribution in [2.24, 2.45) is 0 Å². The second-order valence-corrected chi connectivity index (χ2v) is 19.6. The molecule has 0 aromatic carbocycles. The SMILES string of the molecule is O=C(O)C1OC(OC2C(O)C(CO)OC(OC3C(O)C(CO)OC(OC4C(CO)OC(OC5C(C(=O)O)OC(OC6C(O)C(O)OC(CO)C6O)C(O)C5O)C(OC5OC(CO)C(O)C(O)C5O)C4O)C3O)C2O)C(O)C(O)C1O. The molecular formula is C42H68O38. The van der Waals surface area contributed by atoms with Crippen molar-refractivity contribution in [2.75, 3.05) is 33.0 Å². The van der Waals surface area contributed by atoms with Gasteiger partial charge in [0.15, 0.2) is 56.2 Å². The number of carbonyl (C=O) groups is 2. The third-order valence-corrected chi connectivity index (χ3v) is 14.5. The van der Waals surface area contributed by atoms with Crippen LogP contribution in [0.4, 0.5) is 0 Å². The molecule has 7 rings (SSSR count). The van der Waals surface area contributed by atoms with Crippen LogP contribution in [-0.2, 0) is 71.2 Å². The number of rotatable bonds is 19. The predicted molar refractivity (Wildman–Crippen MR) is 233 cm³/mol. The highest BCUT2D eigenvalue weighted by Gasteiger charge is 2.60. The van der Waals surface area contributed by atoms with Crippen molar-refractivity contribution in [1.82, 2.24) is 0 Å². The molecule has 0 aliphatic carbocycles. The molecule has 7 aliphatic heterocycles. The van der Waals surface area contributed by atoms with Crippen LogP contribution in [0.3, 0.4) is 0 Å². The highest BCUT2D eigenvalue weighted by molar-refractivity contribution is 5.74. The molecule has 7 saturated heterocycles. The number of aliphatic carboxylic acids is 2. The van der Waals surface area contributed by atoms with Gasteiger partial charge in [-0.05, 0) is 0 Å². The molecule has 464 valence electrons. The lowest BCUT2D eigenvalue weighted by Crippen LogP contribution is -2.69. The quantitative estimate of drug-likeness (QED) is 0.0571. The van der Waals surface area contributed by atoms with E-state index in [9.17, 15) is 127 Å². The number of aliphatic hydroxyl groups is 21. The first kappa shape index (κ1) is 65.1. The molecule has 80 heavy (non-hydrogen) atoms. The van der Waals surface area contributed by atoms with E-state index in [2.05, 4.69) is 0 Å². The molecule has 23 N–H and O–H groups in total. The van der Waals surface area contributed by atoms with Gasteiger partial charge < -0.3 is 179 Å². The van der Waals surface area contributed by atoms with Crippen LogP contribution in [0, 0.1) is 0 Å². The lowest BCUT2D eigenvalue weighted by molar-refractivity contribution is -0.408. The Hall–Kier alpha value is -2.42. The van der Waals surface area contributed by atoms with Crippen LogP contribution in [0.5, 0.6) is 0 Å². The summed E-state index contributed by atoms with van der Waals surface area (Å²) in [5, 5.41) is 245. The lowest BCUT2D eigenvalue weighted by atomic mass is 9.94. The fourth-order valence-corrected chi connectivity index (χ4v) is 9.92. The molecule has 0 aromatic heterocycles. The lowest BCUT2D eigenvalue weighted by Gasteiger charge is -2.51. The third kappa shape index (κ3) is 13.0. The second kappa shape index (κ2) is 27.3. The molecule has 0 radical (unpaired) electrons. The molecule has 7 fully saturated rings. The van der Waals surface area contributed by atoms with E-state index in [4.69, 9.17) is 61.6 Å². The van der Waals surface area contributed by atoms with E-state index in [1.807, 2.05) is 0 Å². The zero-order valence-corrected chi connectivity index (χ0v) is 41.2. The van der Waals surface area contributed by atoms with Gasteiger partial charge in [0, 0.05) is 0 Å². The minimum atomic E-state index is -2.50. The van der Waals surface area contributed by atoms with Gasteiger partial charge in [0.2, 0.25) is 0 Å². The van der Waals surface area contributed by atoms with Gasteiger partial charge in [-0.25, -0.2) is 9.59 Å². The summed E-state index contributed by atoms with van der Waals surface area (Å²) in [5.74, 6) is -3.84. The Labute approximate surface area is 448 Å². The zero-order valence-electron chi connectivity index (χ0n) is 41.2. The van der Waals surface area contributed by atoms with E-state index in [-0.39, 0.29) is 0 Å². The molecule has 35 atom stereocenters. The molecule has 38 heteroatoms. The molecule has 0 saturated carbocycles. The van der Waals surface area contributed by atoms with E-state index < -0.39 is 260 Å². The number of carboxylic acid groups (broad SMARTS) is 2. The van der Waals surface area contributed by atoms with Gasteiger partial charge >= 0.3 is 11.9 Å². The number of hydrogen-bond acceptors (Lipinski definition) is 36. The molecular weight excluding hydrogens is 1110 g/mol. The first-order chi connectivity index (χ1) is 37.7. The molecule has 7 aliphatic rings. The van der Waals surface area contributed by atoms with Crippen LogP contribution in [0.15, 0.2) is 0 Å². The second-order valence-electron chi connectivity index (χ2n) is 19.6. The fraction of sp³-hybridized carbons (Fsp3) is 0.952. The maximum absolute atomic E-state index is 12.8. The zero-order chi connectivity index (χ0) is 59.1. The van der Waals surface area contributed by atoms with Crippen molar-refractivity contribution in [1.29, 1.82) is 0 Å². The highest BCUT2D eigenvalue weighted by atomic mass is 16.8. The largest absolute Gasteiger partial charge is 0.479 e. The predicted octanol–water partition coefficient (Wildman–Crippen LogP) is -16.1. The Kier molecular flexibility index (Phi) is 22.2. The van der Waals surface area contributed by atoms with Gasteiger partial charge in [-0.15, -0.1) is 0 Å². The smallest absolute Gasteiger partial charge is 0.335 e. The number of ether oxygens (including phenoxy) is 13. The first-order valence-electron chi connectivity index (χ1n) is 24.6.